The summed E-state index contributed by atoms with van der Waals surface area (Å²) in [5.74, 6) is -2.01. The monoisotopic (exact) mass is 241 g/mol. The summed E-state index contributed by atoms with van der Waals surface area (Å²) in [4.78, 5) is 12.5. The molecule has 1 rings (SSSR count). The van der Waals surface area contributed by atoms with Crippen molar-refractivity contribution < 1.29 is 19.4 Å². The van der Waals surface area contributed by atoms with Crippen molar-refractivity contribution in [3.05, 3.63) is 35.1 Å². The van der Waals surface area contributed by atoms with Crippen LogP contribution in [0.3, 0.4) is 0 Å². The van der Waals surface area contributed by atoms with E-state index in [2.05, 4.69) is 0 Å². The van der Waals surface area contributed by atoms with Crippen LogP contribution in [-0.4, -0.2) is 40.8 Å². The van der Waals surface area contributed by atoms with Crippen molar-refractivity contribution in [2.45, 2.75) is 19.5 Å². The molecule has 1 aromatic rings. The summed E-state index contributed by atoms with van der Waals surface area (Å²) in [5.41, 5.74) is 0.349. The molecule has 0 aliphatic heterocycles. The second kappa shape index (κ2) is 5.75. The molecular formula is C12H16FNO3. The lowest BCUT2D eigenvalue weighted by atomic mass is 10.1. The Morgan fingerprint density at radius 2 is 2.18 bits per heavy atom. The van der Waals surface area contributed by atoms with Gasteiger partial charge < -0.3 is 10.2 Å². The van der Waals surface area contributed by atoms with Crippen molar-refractivity contribution in [1.29, 1.82) is 0 Å². The minimum absolute atomic E-state index is 0.0200. The molecule has 0 heterocycles. The fourth-order valence-electron chi connectivity index (χ4n) is 1.41. The third-order valence-corrected chi connectivity index (χ3v) is 2.71. The highest BCUT2D eigenvalue weighted by Gasteiger charge is 2.12. The zero-order valence-electron chi connectivity index (χ0n) is 9.85. The molecule has 2 N–H and O–H groups in total. The third kappa shape index (κ3) is 3.51. The Labute approximate surface area is 99.3 Å². The van der Waals surface area contributed by atoms with Gasteiger partial charge in [0.2, 0.25) is 0 Å². The van der Waals surface area contributed by atoms with Gasteiger partial charge in [0.05, 0.1) is 12.2 Å². The molecule has 1 unspecified atom stereocenters. The van der Waals surface area contributed by atoms with Crippen molar-refractivity contribution in [3.8, 4) is 0 Å². The van der Waals surface area contributed by atoms with E-state index in [9.17, 15) is 9.18 Å². The Hall–Kier alpha value is -1.46. The largest absolute Gasteiger partial charge is 0.478 e. The Balaban J connectivity index is 2.81. The predicted molar refractivity (Wildman–Crippen MR) is 61.4 cm³/mol. The van der Waals surface area contributed by atoms with Crippen LogP contribution in [-0.2, 0) is 6.54 Å². The molecule has 94 valence electrons. The molecule has 0 spiro atoms. The van der Waals surface area contributed by atoms with Gasteiger partial charge in [0.15, 0.2) is 0 Å². The summed E-state index contributed by atoms with van der Waals surface area (Å²) in [6, 6.07) is 4.01. The van der Waals surface area contributed by atoms with Crippen LogP contribution in [0.4, 0.5) is 4.39 Å². The van der Waals surface area contributed by atoms with Gasteiger partial charge in [0.1, 0.15) is 5.82 Å². The average Bonchev–Trinajstić information content (AvgIpc) is 2.27. The standard InChI is InChI=1S/C12H16FNO3/c1-8(7-15)14(2)6-9-3-4-10(12(16)17)11(13)5-9/h3-5,8,15H,6-7H2,1-2H3,(H,16,17). The van der Waals surface area contributed by atoms with Crippen LogP contribution in [0.1, 0.15) is 22.8 Å². The number of carboxylic acid groups (broad SMARTS) is 1. The number of hydrogen-bond acceptors (Lipinski definition) is 3. The first-order valence-electron chi connectivity index (χ1n) is 5.28. The smallest absolute Gasteiger partial charge is 0.338 e. The molecule has 0 aliphatic carbocycles. The lowest BCUT2D eigenvalue weighted by Gasteiger charge is -2.22. The van der Waals surface area contributed by atoms with E-state index in [1.165, 1.54) is 12.1 Å². The molecule has 17 heavy (non-hydrogen) atoms. The highest BCUT2D eigenvalue weighted by atomic mass is 19.1. The molecule has 0 bridgehead atoms. The summed E-state index contributed by atoms with van der Waals surface area (Å²) < 4.78 is 13.4. The van der Waals surface area contributed by atoms with E-state index in [4.69, 9.17) is 10.2 Å². The number of aromatic carboxylic acids is 1. The normalized spacial score (nSPS) is 12.8. The molecule has 1 atom stereocenters. The van der Waals surface area contributed by atoms with Crippen LogP contribution in [0.25, 0.3) is 0 Å². The molecule has 0 saturated carbocycles. The van der Waals surface area contributed by atoms with Gasteiger partial charge in [-0.3, -0.25) is 4.90 Å². The van der Waals surface area contributed by atoms with Gasteiger partial charge in [0.25, 0.3) is 0 Å². The van der Waals surface area contributed by atoms with E-state index in [0.717, 1.165) is 0 Å². The van der Waals surface area contributed by atoms with Gasteiger partial charge in [-0.05, 0) is 31.7 Å². The maximum atomic E-state index is 13.4. The lowest BCUT2D eigenvalue weighted by Crippen LogP contribution is -2.31. The Morgan fingerprint density at radius 3 is 2.65 bits per heavy atom. The van der Waals surface area contributed by atoms with Crippen LogP contribution in [0.15, 0.2) is 18.2 Å². The highest BCUT2D eigenvalue weighted by molar-refractivity contribution is 5.87. The van der Waals surface area contributed by atoms with Gasteiger partial charge in [-0.1, -0.05) is 6.07 Å². The minimum atomic E-state index is -1.27. The molecule has 0 fully saturated rings. The van der Waals surface area contributed by atoms with Crippen LogP contribution in [0, 0.1) is 5.82 Å². The van der Waals surface area contributed by atoms with Gasteiger partial charge in [-0.15, -0.1) is 0 Å². The Kier molecular flexibility index (Phi) is 4.60. The van der Waals surface area contributed by atoms with Crippen LogP contribution in [0.5, 0.6) is 0 Å². The zero-order valence-corrected chi connectivity index (χ0v) is 9.85. The predicted octanol–water partition coefficient (Wildman–Crippen LogP) is 1.34. The van der Waals surface area contributed by atoms with Gasteiger partial charge in [-0.2, -0.15) is 0 Å². The van der Waals surface area contributed by atoms with Gasteiger partial charge in [0, 0.05) is 12.6 Å². The number of nitrogens with zero attached hydrogens (tertiary/aromatic N) is 1. The summed E-state index contributed by atoms with van der Waals surface area (Å²) in [5, 5.41) is 17.6. The molecule has 0 aliphatic rings. The van der Waals surface area contributed by atoms with E-state index in [1.54, 1.807) is 6.07 Å². The quantitative estimate of drug-likeness (QED) is 0.816. The second-order valence-corrected chi connectivity index (χ2v) is 4.07. The number of hydrogen-bond donors (Lipinski definition) is 2. The number of aliphatic hydroxyl groups excluding tert-OH is 1. The number of carbonyl (C=O) groups is 1. The van der Waals surface area contributed by atoms with E-state index in [1.807, 2.05) is 18.9 Å². The summed E-state index contributed by atoms with van der Waals surface area (Å²) in [6.45, 7) is 2.33. The average molecular weight is 241 g/mol. The molecule has 5 heteroatoms. The summed E-state index contributed by atoms with van der Waals surface area (Å²) >= 11 is 0. The number of halogens is 1. The van der Waals surface area contributed by atoms with Crippen molar-refractivity contribution in [2.75, 3.05) is 13.7 Å². The van der Waals surface area contributed by atoms with Crippen LogP contribution >= 0.6 is 0 Å². The Morgan fingerprint density at radius 1 is 1.53 bits per heavy atom. The van der Waals surface area contributed by atoms with Crippen LogP contribution in [0.2, 0.25) is 0 Å². The zero-order chi connectivity index (χ0) is 13.0. The maximum Gasteiger partial charge on any atom is 0.338 e. The molecule has 0 amide bonds. The first kappa shape index (κ1) is 13.6. The van der Waals surface area contributed by atoms with E-state index >= 15 is 0 Å². The molecule has 4 nitrogen and oxygen atoms in total. The molecule has 0 aromatic heterocycles. The molecule has 0 saturated heterocycles. The minimum Gasteiger partial charge on any atom is -0.478 e. The third-order valence-electron chi connectivity index (χ3n) is 2.71. The fraction of sp³-hybridized carbons (Fsp3) is 0.417. The first-order valence-corrected chi connectivity index (χ1v) is 5.28. The SMILES string of the molecule is CC(CO)N(C)Cc1ccc(C(=O)O)c(F)c1. The van der Waals surface area contributed by atoms with Crippen molar-refractivity contribution in [1.82, 2.24) is 4.90 Å². The number of carboxylic acids is 1. The van der Waals surface area contributed by atoms with E-state index in [-0.39, 0.29) is 18.2 Å². The van der Waals surface area contributed by atoms with E-state index in [0.29, 0.717) is 12.1 Å². The number of benzene rings is 1. The molecular weight excluding hydrogens is 225 g/mol. The van der Waals surface area contributed by atoms with Crippen molar-refractivity contribution in [3.63, 3.8) is 0 Å². The number of likely N-dealkylation sites (N-methyl/N-ethyl adjacent to an activating group) is 1. The summed E-state index contributed by atoms with van der Waals surface area (Å²) in [6.07, 6.45) is 0. The molecule has 1 aromatic carbocycles. The van der Waals surface area contributed by atoms with Crippen molar-refractivity contribution in [2.24, 2.45) is 0 Å². The highest BCUT2D eigenvalue weighted by Crippen LogP contribution is 2.13. The Bertz CT molecular complexity index is 409. The van der Waals surface area contributed by atoms with Crippen molar-refractivity contribution >= 4 is 5.97 Å². The fourth-order valence-corrected chi connectivity index (χ4v) is 1.41. The van der Waals surface area contributed by atoms with E-state index < -0.39 is 11.8 Å². The first-order chi connectivity index (χ1) is 7.95. The summed E-state index contributed by atoms with van der Waals surface area (Å²) in [7, 11) is 1.81. The second-order valence-electron chi connectivity index (χ2n) is 4.07. The number of aliphatic hydroxyl groups is 1. The number of rotatable bonds is 5. The van der Waals surface area contributed by atoms with Crippen LogP contribution < -0.4 is 0 Å². The lowest BCUT2D eigenvalue weighted by molar-refractivity contribution is 0.0692. The van der Waals surface area contributed by atoms with Gasteiger partial charge >= 0.3 is 5.97 Å². The molecule has 0 radical (unpaired) electrons. The topological polar surface area (TPSA) is 60.8 Å². The van der Waals surface area contributed by atoms with Gasteiger partial charge in [-0.25, -0.2) is 9.18 Å². The maximum absolute atomic E-state index is 13.4.